The third-order valence-corrected chi connectivity index (χ3v) is 3.85. The summed E-state index contributed by atoms with van der Waals surface area (Å²) in [5, 5.41) is 0. The molecule has 17 heavy (non-hydrogen) atoms. The molecular weight excluding hydrogens is 217 g/mol. The molecule has 1 unspecified atom stereocenters. The largest absolute Gasteiger partial charge is 0.367 e. The second-order valence-corrected chi connectivity index (χ2v) is 4.95. The third kappa shape index (κ3) is 2.15. The van der Waals surface area contributed by atoms with E-state index in [4.69, 9.17) is 5.73 Å². The third-order valence-electron chi connectivity index (χ3n) is 3.85. The van der Waals surface area contributed by atoms with Crippen LogP contribution < -0.4 is 10.6 Å². The summed E-state index contributed by atoms with van der Waals surface area (Å²) in [5.41, 5.74) is 6.55. The van der Waals surface area contributed by atoms with E-state index >= 15 is 0 Å². The Balaban J connectivity index is 2.20. The van der Waals surface area contributed by atoms with Gasteiger partial charge in [0.1, 0.15) is 5.82 Å². The smallest absolute Gasteiger partial charge is 0.146 e. The first kappa shape index (κ1) is 12.3. The predicted octanol–water partition coefficient (Wildman–Crippen LogP) is 1.29. The molecule has 1 aromatic carbocycles. The van der Waals surface area contributed by atoms with Crippen LogP contribution in [0.2, 0.25) is 0 Å². The fourth-order valence-electron chi connectivity index (χ4n) is 2.48. The molecular formula is C13H20FN3. The fourth-order valence-corrected chi connectivity index (χ4v) is 2.48. The maximum atomic E-state index is 13.7. The Bertz CT molecular complexity index is 394. The van der Waals surface area contributed by atoms with Crippen molar-refractivity contribution in [2.75, 3.05) is 38.6 Å². The number of likely N-dealkylation sites (N-methyl/N-ethyl adjacent to an activating group) is 1. The number of para-hydroxylation sites is 1. The summed E-state index contributed by atoms with van der Waals surface area (Å²) in [5.74, 6) is -0.154. The van der Waals surface area contributed by atoms with Crippen molar-refractivity contribution in [1.82, 2.24) is 4.90 Å². The predicted molar refractivity (Wildman–Crippen MR) is 68.7 cm³/mol. The second-order valence-electron chi connectivity index (χ2n) is 4.95. The van der Waals surface area contributed by atoms with Gasteiger partial charge in [0.05, 0.1) is 11.2 Å². The number of hydrogen-bond acceptors (Lipinski definition) is 3. The van der Waals surface area contributed by atoms with Gasteiger partial charge in [-0.05, 0) is 32.6 Å². The molecule has 0 saturated carbocycles. The first-order chi connectivity index (χ1) is 8.09. The highest BCUT2D eigenvalue weighted by Gasteiger charge is 2.39. The Labute approximate surface area is 102 Å². The molecule has 1 atom stereocenters. The van der Waals surface area contributed by atoms with E-state index in [2.05, 4.69) is 9.80 Å². The summed E-state index contributed by atoms with van der Waals surface area (Å²) in [6.07, 6.45) is 0.977. The van der Waals surface area contributed by atoms with E-state index < -0.39 is 0 Å². The van der Waals surface area contributed by atoms with Crippen LogP contribution in [0.3, 0.4) is 0 Å². The SMILES string of the molecule is CN(C)C1(CN)CCN(c2ccccc2F)C1. The van der Waals surface area contributed by atoms with Crippen LogP contribution in [0, 0.1) is 5.82 Å². The van der Waals surface area contributed by atoms with Gasteiger partial charge < -0.3 is 15.5 Å². The van der Waals surface area contributed by atoms with Crippen LogP contribution in [-0.4, -0.2) is 44.2 Å². The number of benzene rings is 1. The highest BCUT2D eigenvalue weighted by Crippen LogP contribution is 2.30. The molecule has 1 saturated heterocycles. The molecule has 1 heterocycles. The number of nitrogens with two attached hydrogens (primary N) is 1. The lowest BCUT2D eigenvalue weighted by Gasteiger charge is -2.35. The summed E-state index contributed by atoms with van der Waals surface area (Å²) in [4.78, 5) is 4.25. The van der Waals surface area contributed by atoms with Gasteiger partial charge >= 0.3 is 0 Å². The monoisotopic (exact) mass is 237 g/mol. The fraction of sp³-hybridized carbons (Fsp3) is 0.538. The van der Waals surface area contributed by atoms with Gasteiger partial charge in [-0.25, -0.2) is 4.39 Å². The van der Waals surface area contributed by atoms with Crippen molar-refractivity contribution in [3.8, 4) is 0 Å². The zero-order valence-corrected chi connectivity index (χ0v) is 10.5. The number of nitrogens with zero attached hydrogens (tertiary/aromatic N) is 2. The summed E-state index contributed by atoms with van der Waals surface area (Å²) >= 11 is 0. The maximum Gasteiger partial charge on any atom is 0.146 e. The molecule has 0 aromatic heterocycles. The van der Waals surface area contributed by atoms with E-state index in [0.717, 1.165) is 19.5 Å². The van der Waals surface area contributed by atoms with Crippen molar-refractivity contribution in [1.29, 1.82) is 0 Å². The van der Waals surface area contributed by atoms with Gasteiger partial charge in [0.25, 0.3) is 0 Å². The Morgan fingerprint density at radius 1 is 1.41 bits per heavy atom. The second kappa shape index (κ2) is 4.63. The van der Waals surface area contributed by atoms with Crippen LogP contribution in [0.25, 0.3) is 0 Å². The van der Waals surface area contributed by atoms with Crippen molar-refractivity contribution >= 4 is 5.69 Å². The van der Waals surface area contributed by atoms with E-state index in [1.807, 2.05) is 26.2 Å². The molecule has 0 amide bonds. The number of hydrogen-bond donors (Lipinski definition) is 1. The Morgan fingerprint density at radius 2 is 2.12 bits per heavy atom. The topological polar surface area (TPSA) is 32.5 Å². The molecule has 1 aliphatic rings. The van der Waals surface area contributed by atoms with Crippen molar-refractivity contribution in [2.24, 2.45) is 5.73 Å². The van der Waals surface area contributed by atoms with Crippen molar-refractivity contribution in [3.63, 3.8) is 0 Å². The highest BCUT2D eigenvalue weighted by molar-refractivity contribution is 5.49. The lowest BCUT2D eigenvalue weighted by molar-refractivity contribution is 0.184. The standard InChI is InChI=1S/C13H20FN3/c1-16(2)13(9-15)7-8-17(10-13)12-6-4-3-5-11(12)14/h3-6H,7-10,15H2,1-2H3. The first-order valence-corrected chi connectivity index (χ1v) is 5.96. The van der Waals surface area contributed by atoms with Gasteiger partial charge in [-0.2, -0.15) is 0 Å². The summed E-state index contributed by atoms with van der Waals surface area (Å²) in [7, 11) is 4.08. The lowest BCUT2D eigenvalue weighted by Crippen LogP contribution is -2.52. The molecule has 94 valence electrons. The van der Waals surface area contributed by atoms with Gasteiger partial charge in [0, 0.05) is 19.6 Å². The summed E-state index contributed by atoms with van der Waals surface area (Å²) in [6.45, 7) is 2.25. The molecule has 0 radical (unpaired) electrons. The van der Waals surface area contributed by atoms with Crippen LogP contribution in [0.4, 0.5) is 10.1 Å². The van der Waals surface area contributed by atoms with Gasteiger partial charge in [-0.15, -0.1) is 0 Å². The number of rotatable bonds is 3. The minimum Gasteiger partial charge on any atom is -0.367 e. The normalized spacial score (nSPS) is 24.6. The molecule has 4 heteroatoms. The zero-order valence-electron chi connectivity index (χ0n) is 10.5. The van der Waals surface area contributed by atoms with Crippen molar-refractivity contribution in [3.05, 3.63) is 30.1 Å². The van der Waals surface area contributed by atoms with E-state index in [1.54, 1.807) is 6.07 Å². The van der Waals surface area contributed by atoms with Crippen LogP contribution in [0.15, 0.2) is 24.3 Å². The summed E-state index contributed by atoms with van der Waals surface area (Å²) < 4.78 is 13.7. The molecule has 2 N–H and O–H groups in total. The molecule has 0 spiro atoms. The molecule has 1 fully saturated rings. The van der Waals surface area contributed by atoms with Gasteiger partial charge in [0.2, 0.25) is 0 Å². The minimum absolute atomic E-state index is 0.0255. The lowest BCUT2D eigenvalue weighted by atomic mass is 9.97. The Hall–Kier alpha value is -1.13. The quantitative estimate of drug-likeness (QED) is 0.860. The van der Waals surface area contributed by atoms with Crippen LogP contribution in [-0.2, 0) is 0 Å². The van der Waals surface area contributed by atoms with E-state index in [9.17, 15) is 4.39 Å². The molecule has 0 bridgehead atoms. The Kier molecular flexibility index (Phi) is 3.35. The zero-order chi connectivity index (χ0) is 12.5. The highest BCUT2D eigenvalue weighted by atomic mass is 19.1. The van der Waals surface area contributed by atoms with Gasteiger partial charge in [-0.1, -0.05) is 12.1 Å². The first-order valence-electron chi connectivity index (χ1n) is 5.96. The van der Waals surface area contributed by atoms with E-state index in [-0.39, 0.29) is 11.4 Å². The Morgan fingerprint density at radius 3 is 2.65 bits per heavy atom. The van der Waals surface area contributed by atoms with E-state index in [0.29, 0.717) is 12.2 Å². The molecule has 3 nitrogen and oxygen atoms in total. The van der Waals surface area contributed by atoms with Crippen molar-refractivity contribution in [2.45, 2.75) is 12.0 Å². The average Bonchev–Trinajstić information content (AvgIpc) is 2.75. The van der Waals surface area contributed by atoms with Crippen LogP contribution >= 0.6 is 0 Å². The number of halogens is 1. The van der Waals surface area contributed by atoms with Crippen molar-refractivity contribution < 1.29 is 4.39 Å². The number of anilines is 1. The molecule has 0 aliphatic carbocycles. The van der Waals surface area contributed by atoms with Crippen LogP contribution in [0.5, 0.6) is 0 Å². The minimum atomic E-state index is -0.154. The van der Waals surface area contributed by atoms with Crippen LogP contribution in [0.1, 0.15) is 6.42 Å². The van der Waals surface area contributed by atoms with Gasteiger partial charge in [0.15, 0.2) is 0 Å². The van der Waals surface area contributed by atoms with Gasteiger partial charge in [-0.3, -0.25) is 0 Å². The molecule has 2 rings (SSSR count). The summed E-state index contributed by atoms with van der Waals surface area (Å²) in [6, 6.07) is 6.93. The molecule has 1 aromatic rings. The maximum absolute atomic E-state index is 13.7. The van der Waals surface area contributed by atoms with E-state index in [1.165, 1.54) is 6.07 Å². The molecule has 1 aliphatic heterocycles. The average molecular weight is 237 g/mol.